The highest BCUT2D eigenvalue weighted by molar-refractivity contribution is 5.20. The molecule has 6 heteroatoms. The number of hydrogen-bond donors (Lipinski definition) is 0. The zero-order chi connectivity index (χ0) is 13.4. The Hall–Kier alpha value is -1.82. The summed E-state index contributed by atoms with van der Waals surface area (Å²) >= 11 is 0. The summed E-state index contributed by atoms with van der Waals surface area (Å²) < 4.78 is 2.13. The van der Waals surface area contributed by atoms with E-state index in [-0.39, 0.29) is 6.04 Å². The summed E-state index contributed by atoms with van der Waals surface area (Å²) in [5.41, 5.74) is 3.21. The van der Waals surface area contributed by atoms with Crippen molar-refractivity contribution in [3.05, 3.63) is 35.2 Å². The highest BCUT2D eigenvalue weighted by Gasteiger charge is 2.26. The molecule has 0 aliphatic carbocycles. The molecular weight excluding hydrogens is 240 g/mol. The van der Waals surface area contributed by atoms with Gasteiger partial charge in [-0.1, -0.05) is 0 Å². The average Bonchev–Trinajstić information content (AvgIpc) is 2.86. The molecule has 0 radical (unpaired) electrons. The lowest BCUT2D eigenvalue weighted by Gasteiger charge is -2.33. The second-order valence-corrected chi connectivity index (χ2v) is 5.13. The molecule has 19 heavy (non-hydrogen) atoms. The van der Waals surface area contributed by atoms with Gasteiger partial charge < -0.3 is 4.57 Å². The molecular formula is C13H18N6. The van der Waals surface area contributed by atoms with Crippen LogP contribution < -0.4 is 0 Å². The van der Waals surface area contributed by atoms with E-state index in [1.165, 1.54) is 5.56 Å². The van der Waals surface area contributed by atoms with Crippen molar-refractivity contribution in [2.24, 2.45) is 0 Å². The van der Waals surface area contributed by atoms with Crippen LogP contribution in [0.3, 0.4) is 0 Å². The molecule has 0 aromatic carbocycles. The van der Waals surface area contributed by atoms with E-state index in [9.17, 15) is 0 Å². The van der Waals surface area contributed by atoms with Crippen LogP contribution >= 0.6 is 0 Å². The molecule has 1 aliphatic heterocycles. The Morgan fingerprint density at radius 2 is 2.05 bits per heavy atom. The smallest absolute Gasteiger partial charge is 0.149 e. The lowest BCUT2D eigenvalue weighted by atomic mass is 10.1. The third-order valence-corrected chi connectivity index (χ3v) is 3.77. The number of aryl methyl sites for hydroxylation is 2. The first-order chi connectivity index (χ1) is 9.15. The summed E-state index contributed by atoms with van der Waals surface area (Å²) in [7, 11) is 0. The molecule has 0 amide bonds. The number of nitrogens with zero attached hydrogens (tertiary/aromatic N) is 6. The summed E-state index contributed by atoms with van der Waals surface area (Å²) in [6, 6.07) is 2.40. The Bertz CT molecular complexity index is 591. The number of rotatable bonds is 2. The van der Waals surface area contributed by atoms with E-state index in [0.717, 1.165) is 36.8 Å². The maximum Gasteiger partial charge on any atom is 0.149 e. The van der Waals surface area contributed by atoms with Gasteiger partial charge >= 0.3 is 0 Å². The lowest BCUT2D eigenvalue weighted by molar-refractivity contribution is 0.155. The van der Waals surface area contributed by atoms with Crippen LogP contribution in [0.2, 0.25) is 0 Å². The monoisotopic (exact) mass is 258 g/mol. The quantitative estimate of drug-likeness (QED) is 0.811. The summed E-state index contributed by atoms with van der Waals surface area (Å²) in [6.07, 6.45) is 1.81. The van der Waals surface area contributed by atoms with Crippen LogP contribution in [0.15, 0.2) is 12.4 Å². The summed E-state index contributed by atoms with van der Waals surface area (Å²) in [6.45, 7) is 9.01. The normalized spacial score (nSPS) is 19.4. The van der Waals surface area contributed by atoms with Crippen molar-refractivity contribution in [3.8, 4) is 0 Å². The van der Waals surface area contributed by atoms with Gasteiger partial charge in [0, 0.05) is 19.6 Å². The van der Waals surface area contributed by atoms with E-state index in [1.807, 2.05) is 20.2 Å². The van der Waals surface area contributed by atoms with E-state index in [1.54, 1.807) is 0 Å². The number of aromatic nitrogens is 5. The third kappa shape index (κ3) is 2.23. The van der Waals surface area contributed by atoms with Crippen molar-refractivity contribution in [1.29, 1.82) is 0 Å². The predicted octanol–water partition coefficient (Wildman–Crippen LogP) is 1.26. The minimum Gasteiger partial charge on any atom is -0.315 e. The minimum absolute atomic E-state index is 0.282. The first-order valence-corrected chi connectivity index (χ1v) is 6.56. The molecule has 2 aromatic rings. The molecule has 3 rings (SSSR count). The van der Waals surface area contributed by atoms with Crippen LogP contribution in [-0.4, -0.2) is 36.4 Å². The van der Waals surface area contributed by atoms with Crippen LogP contribution in [0.25, 0.3) is 0 Å². The lowest BCUT2D eigenvalue weighted by Crippen LogP contribution is -2.36. The van der Waals surface area contributed by atoms with Crippen LogP contribution in [-0.2, 0) is 13.1 Å². The molecule has 0 saturated heterocycles. The van der Waals surface area contributed by atoms with Gasteiger partial charge in [-0.05, 0) is 32.4 Å². The van der Waals surface area contributed by atoms with Gasteiger partial charge in [0.1, 0.15) is 12.2 Å². The van der Waals surface area contributed by atoms with Crippen molar-refractivity contribution in [2.75, 3.05) is 6.54 Å². The number of fused-ring (bicyclic) bond motifs is 1. The first-order valence-electron chi connectivity index (χ1n) is 6.56. The second kappa shape index (κ2) is 4.70. The molecule has 1 unspecified atom stereocenters. The Morgan fingerprint density at radius 1 is 1.21 bits per heavy atom. The minimum atomic E-state index is 0.282. The summed E-state index contributed by atoms with van der Waals surface area (Å²) in [4.78, 5) is 2.41. The molecule has 100 valence electrons. The molecule has 0 saturated carbocycles. The zero-order valence-corrected chi connectivity index (χ0v) is 11.5. The van der Waals surface area contributed by atoms with E-state index in [4.69, 9.17) is 0 Å². The molecule has 6 nitrogen and oxygen atoms in total. The molecule has 0 fully saturated rings. The molecule has 3 heterocycles. The summed E-state index contributed by atoms with van der Waals surface area (Å²) in [5.74, 6) is 1.04. The fourth-order valence-electron chi connectivity index (χ4n) is 2.55. The van der Waals surface area contributed by atoms with Crippen LogP contribution in [0.1, 0.15) is 35.7 Å². The topological polar surface area (TPSA) is 59.7 Å². The van der Waals surface area contributed by atoms with Gasteiger partial charge in [-0.3, -0.25) is 4.90 Å². The molecule has 2 aromatic heterocycles. The SMILES string of the molecule is Cc1cc(CN2CCn3cnnc3C2C)c(C)nn1. The van der Waals surface area contributed by atoms with E-state index < -0.39 is 0 Å². The standard InChI is InChI=1S/C13H18N6/c1-9-6-12(10(2)16-15-9)7-18-4-5-19-8-14-17-13(19)11(18)3/h6,8,11H,4-5,7H2,1-3H3. The fraction of sp³-hybridized carbons (Fsp3) is 0.538. The summed E-state index contributed by atoms with van der Waals surface area (Å²) in [5, 5.41) is 16.5. The Kier molecular flexibility index (Phi) is 3.02. The predicted molar refractivity (Wildman–Crippen MR) is 70.4 cm³/mol. The van der Waals surface area contributed by atoms with Gasteiger partial charge in [-0.15, -0.1) is 10.2 Å². The van der Waals surface area contributed by atoms with Gasteiger partial charge in [0.25, 0.3) is 0 Å². The van der Waals surface area contributed by atoms with Gasteiger partial charge in [-0.25, -0.2) is 0 Å². The average molecular weight is 258 g/mol. The Morgan fingerprint density at radius 3 is 2.89 bits per heavy atom. The Labute approximate surface area is 112 Å². The fourth-order valence-corrected chi connectivity index (χ4v) is 2.55. The first kappa shape index (κ1) is 12.2. The van der Waals surface area contributed by atoms with Gasteiger partial charge in [0.2, 0.25) is 0 Å². The van der Waals surface area contributed by atoms with Crippen LogP contribution in [0.4, 0.5) is 0 Å². The molecule has 1 atom stereocenters. The third-order valence-electron chi connectivity index (χ3n) is 3.77. The molecule has 0 N–H and O–H groups in total. The second-order valence-electron chi connectivity index (χ2n) is 5.13. The van der Waals surface area contributed by atoms with E-state index in [0.29, 0.717) is 0 Å². The van der Waals surface area contributed by atoms with Crippen LogP contribution in [0.5, 0.6) is 0 Å². The van der Waals surface area contributed by atoms with Crippen molar-refractivity contribution < 1.29 is 0 Å². The Balaban J connectivity index is 1.83. The van der Waals surface area contributed by atoms with Gasteiger partial charge in [-0.2, -0.15) is 10.2 Å². The maximum absolute atomic E-state index is 4.21. The van der Waals surface area contributed by atoms with Crippen molar-refractivity contribution in [2.45, 2.75) is 39.9 Å². The zero-order valence-electron chi connectivity index (χ0n) is 11.5. The highest BCUT2D eigenvalue weighted by Crippen LogP contribution is 2.24. The molecule has 1 aliphatic rings. The van der Waals surface area contributed by atoms with Gasteiger partial charge in [0.15, 0.2) is 0 Å². The van der Waals surface area contributed by atoms with Gasteiger partial charge in [0.05, 0.1) is 17.4 Å². The largest absolute Gasteiger partial charge is 0.315 e. The highest BCUT2D eigenvalue weighted by atomic mass is 15.3. The number of hydrogen-bond acceptors (Lipinski definition) is 5. The van der Waals surface area contributed by atoms with E-state index >= 15 is 0 Å². The van der Waals surface area contributed by atoms with Crippen LogP contribution in [0, 0.1) is 13.8 Å². The van der Waals surface area contributed by atoms with Crippen molar-refractivity contribution >= 4 is 0 Å². The van der Waals surface area contributed by atoms with Crippen molar-refractivity contribution in [1.82, 2.24) is 29.9 Å². The van der Waals surface area contributed by atoms with Crippen molar-refractivity contribution in [3.63, 3.8) is 0 Å². The van der Waals surface area contributed by atoms with E-state index in [2.05, 4.69) is 42.9 Å². The maximum atomic E-state index is 4.21. The molecule has 0 spiro atoms. The molecule has 0 bridgehead atoms.